The molecule has 5 rings (SSSR count). The molecule has 4 heterocycles. The number of pyridine rings is 1. The lowest BCUT2D eigenvalue weighted by Gasteiger charge is -2.33. The van der Waals surface area contributed by atoms with Gasteiger partial charge in [0.25, 0.3) is 0 Å². The third-order valence-electron chi connectivity index (χ3n) is 6.45. The summed E-state index contributed by atoms with van der Waals surface area (Å²) in [5, 5.41) is 3.45. The van der Waals surface area contributed by atoms with E-state index < -0.39 is 6.17 Å². The van der Waals surface area contributed by atoms with E-state index in [-0.39, 0.29) is 11.4 Å². The molecule has 2 fully saturated rings. The van der Waals surface area contributed by atoms with Gasteiger partial charge in [-0.2, -0.15) is 0 Å². The Bertz CT molecular complexity index is 1060. The summed E-state index contributed by atoms with van der Waals surface area (Å²) in [6.45, 7) is 3.03. The molecule has 2 aromatic heterocycles. The van der Waals surface area contributed by atoms with Crippen LogP contribution in [0.2, 0.25) is 0 Å². The van der Waals surface area contributed by atoms with E-state index in [9.17, 15) is 9.18 Å². The largest absolute Gasteiger partial charge is 0.479 e. The summed E-state index contributed by atoms with van der Waals surface area (Å²) >= 11 is 1.37. The van der Waals surface area contributed by atoms with Crippen molar-refractivity contribution in [2.24, 2.45) is 5.41 Å². The smallest absolute Gasteiger partial charge is 0.323 e. The number of carbonyl (C=O) groups is 1. The van der Waals surface area contributed by atoms with Crippen LogP contribution in [0.5, 0.6) is 5.88 Å². The van der Waals surface area contributed by atoms with Crippen molar-refractivity contribution < 1.29 is 18.7 Å². The molecule has 0 saturated carbocycles. The molecule has 2 aromatic rings. The molecule has 0 bridgehead atoms. The fourth-order valence-corrected chi connectivity index (χ4v) is 5.64. The van der Waals surface area contributed by atoms with E-state index in [0.717, 1.165) is 61.4 Å². The number of urea groups is 1. The van der Waals surface area contributed by atoms with E-state index in [1.54, 1.807) is 12.3 Å². The fourth-order valence-electron chi connectivity index (χ4n) is 4.65. The van der Waals surface area contributed by atoms with Crippen molar-refractivity contribution in [3.05, 3.63) is 30.0 Å². The lowest BCUT2D eigenvalue weighted by Crippen LogP contribution is -2.37. The number of hydrogen-bond donors (Lipinski definition) is 1. The second-order valence-corrected chi connectivity index (χ2v) is 9.39. The number of carbonyl (C=O) groups excluding carboxylic acids is 1. The Morgan fingerprint density at radius 3 is 3.00 bits per heavy atom. The van der Waals surface area contributed by atoms with Crippen molar-refractivity contribution in [2.45, 2.75) is 31.9 Å². The molecule has 0 aromatic carbocycles. The standard InChI is InChI=1S/C22H25FN4O3S/c1-29-19-17-18(16(12-24-19)14-3-2-4-15(23)11-14)31-20(25-17)26-21(28)27-8-5-22(13-27)6-9-30-10-7-22/h2-4,12,15H,5-11,13H2,1H3,(H,25,26,28). The van der Waals surface area contributed by atoms with Crippen LogP contribution in [-0.2, 0) is 4.74 Å². The number of nitrogens with zero attached hydrogens (tertiary/aromatic N) is 3. The van der Waals surface area contributed by atoms with Crippen molar-refractivity contribution in [2.75, 3.05) is 38.7 Å². The normalized spacial score (nSPS) is 22.7. The first kappa shape index (κ1) is 20.4. The molecule has 7 nitrogen and oxygen atoms in total. The number of thiazole rings is 1. The average Bonchev–Trinajstić information content (AvgIpc) is 3.38. The zero-order valence-electron chi connectivity index (χ0n) is 17.4. The summed E-state index contributed by atoms with van der Waals surface area (Å²) in [5.41, 5.74) is 2.45. The lowest BCUT2D eigenvalue weighted by molar-refractivity contribution is 0.0211. The maximum atomic E-state index is 13.9. The van der Waals surface area contributed by atoms with E-state index in [0.29, 0.717) is 22.9 Å². The van der Waals surface area contributed by atoms with Gasteiger partial charge in [0.2, 0.25) is 5.88 Å². The van der Waals surface area contributed by atoms with Crippen LogP contribution in [0.25, 0.3) is 15.8 Å². The number of anilines is 1. The molecule has 1 spiro atoms. The number of likely N-dealkylation sites (tertiary alicyclic amines) is 1. The molecule has 1 aliphatic carbocycles. The number of hydrogen-bond acceptors (Lipinski definition) is 6. The second-order valence-electron chi connectivity index (χ2n) is 8.39. The highest BCUT2D eigenvalue weighted by Gasteiger charge is 2.41. The molecule has 1 unspecified atom stereocenters. The molecule has 31 heavy (non-hydrogen) atoms. The van der Waals surface area contributed by atoms with Gasteiger partial charge in [-0.3, -0.25) is 5.32 Å². The van der Waals surface area contributed by atoms with Crippen LogP contribution in [0.1, 0.15) is 31.2 Å². The Kier molecular flexibility index (Phi) is 5.39. The molecular formula is C22H25FN4O3S. The Balaban J connectivity index is 1.39. The Hall–Kier alpha value is -2.52. The van der Waals surface area contributed by atoms with Crippen molar-refractivity contribution in [3.63, 3.8) is 0 Å². The van der Waals surface area contributed by atoms with Gasteiger partial charge in [0.05, 0.1) is 11.8 Å². The number of alkyl halides is 1. The van der Waals surface area contributed by atoms with E-state index >= 15 is 0 Å². The van der Waals surface area contributed by atoms with Crippen LogP contribution < -0.4 is 10.1 Å². The third kappa shape index (κ3) is 3.92. The fraction of sp³-hybridized carbons (Fsp3) is 0.500. The first-order valence-corrected chi connectivity index (χ1v) is 11.4. The van der Waals surface area contributed by atoms with Gasteiger partial charge in [-0.25, -0.2) is 19.2 Å². The summed E-state index contributed by atoms with van der Waals surface area (Å²) in [5.74, 6) is 0.390. The van der Waals surface area contributed by atoms with Crippen LogP contribution in [0.3, 0.4) is 0 Å². The highest BCUT2D eigenvalue weighted by molar-refractivity contribution is 7.22. The van der Waals surface area contributed by atoms with Crippen LogP contribution in [0, 0.1) is 5.41 Å². The summed E-state index contributed by atoms with van der Waals surface area (Å²) in [6.07, 6.45) is 9.15. The minimum atomic E-state index is -1.02. The first-order valence-electron chi connectivity index (χ1n) is 10.6. The number of allylic oxidation sites excluding steroid dienone is 4. The van der Waals surface area contributed by atoms with E-state index in [1.807, 2.05) is 11.0 Å². The molecule has 164 valence electrons. The van der Waals surface area contributed by atoms with Crippen LogP contribution in [-0.4, -0.2) is 60.5 Å². The van der Waals surface area contributed by atoms with E-state index in [4.69, 9.17) is 9.47 Å². The van der Waals surface area contributed by atoms with E-state index in [1.165, 1.54) is 24.5 Å². The summed E-state index contributed by atoms with van der Waals surface area (Å²) in [4.78, 5) is 23.7. The molecule has 0 radical (unpaired) electrons. The van der Waals surface area contributed by atoms with Crippen LogP contribution in [0.4, 0.5) is 14.3 Å². The van der Waals surface area contributed by atoms with Gasteiger partial charge in [-0.1, -0.05) is 29.6 Å². The third-order valence-corrected chi connectivity index (χ3v) is 7.45. The number of aromatic nitrogens is 2. The number of fused-ring (bicyclic) bond motifs is 1. The Morgan fingerprint density at radius 2 is 2.23 bits per heavy atom. The number of nitrogens with one attached hydrogen (secondary N) is 1. The maximum absolute atomic E-state index is 13.9. The molecule has 1 N–H and O–H groups in total. The topological polar surface area (TPSA) is 76.6 Å². The van der Waals surface area contributed by atoms with Crippen molar-refractivity contribution in [1.29, 1.82) is 0 Å². The molecular weight excluding hydrogens is 419 g/mol. The minimum absolute atomic E-state index is 0.139. The predicted octanol–water partition coefficient (Wildman–Crippen LogP) is 4.42. The summed E-state index contributed by atoms with van der Waals surface area (Å²) in [7, 11) is 1.54. The molecule has 2 aliphatic heterocycles. The number of amides is 2. The monoisotopic (exact) mass is 444 g/mol. The predicted molar refractivity (Wildman–Crippen MR) is 118 cm³/mol. The zero-order valence-corrected chi connectivity index (χ0v) is 18.2. The van der Waals surface area contributed by atoms with Crippen molar-refractivity contribution in [3.8, 4) is 5.88 Å². The molecule has 2 saturated heterocycles. The SMILES string of the molecule is COc1ncc(C2=CC=CC(F)C2)c2sc(NC(=O)N3CCC4(CCOCC4)C3)nc12. The van der Waals surface area contributed by atoms with Gasteiger partial charge in [-0.05, 0) is 30.3 Å². The lowest BCUT2D eigenvalue weighted by atomic mass is 9.80. The summed E-state index contributed by atoms with van der Waals surface area (Å²) < 4.78 is 25.6. The second kappa shape index (κ2) is 8.20. The van der Waals surface area contributed by atoms with Crippen molar-refractivity contribution in [1.82, 2.24) is 14.9 Å². The van der Waals surface area contributed by atoms with Gasteiger partial charge < -0.3 is 14.4 Å². The quantitative estimate of drug-likeness (QED) is 0.759. The Labute approximate surface area is 183 Å². The van der Waals surface area contributed by atoms with Gasteiger partial charge >= 0.3 is 6.03 Å². The van der Waals surface area contributed by atoms with Gasteiger partial charge in [0.15, 0.2) is 5.13 Å². The van der Waals surface area contributed by atoms with Gasteiger partial charge in [-0.15, -0.1) is 0 Å². The molecule has 2 amide bonds. The number of ether oxygens (including phenoxy) is 2. The van der Waals surface area contributed by atoms with Gasteiger partial charge in [0.1, 0.15) is 11.7 Å². The van der Waals surface area contributed by atoms with Crippen LogP contribution in [0.15, 0.2) is 24.4 Å². The number of halogens is 1. The van der Waals surface area contributed by atoms with Crippen molar-refractivity contribution >= 4 is 38.3 Å². The molecule has 3 aliphatic rings. The Morgan fingerprint density at radius 1 is 1.39 bits per heavy atom. The zero-order chi connectivity index (χ0) is 21.4. The van der Waals surface area contributed by atoms with Gasteiger partial charge in [0, 0.05) is 44.5 Å². The van der Waals surface area contributed by atoms with E-state index in [2.05, 4.69) is 15.3 Å². The highest BCUT2D eigenvalue weighted by atomic mass is 32.1. The average molecular weight is 445 g/mol. The highest BCUT2D eigenvalue weighted by Crippen LogP contribution is 2.41. The van der Waals surface area contributed by atoms with Crippen LogP contribution >= 0.6 is 11.3 Å². The number of methoxy groups -OCH3 is 1. The molecule has 9 heteroatoms. The maximum Gasteiger partial charge on any atom is 0.323 e. The summed E-state index contributed by atoms with van der Waals surface area (Å²) in [6, 6.07) is -0.139. The number of rotatable bonds is 3. The minimum Gasteiger partial charge on any atom is -0.479 e. The molecule has 1 atom stereocenters. The first-order chi connectivity index (χ1) is 15.1.